The van der Waals surface area contributed by atoms with Gasteiger partial charge in [0.1, 0.15) is 0 Å². The molecule has 3 aromatic carbocycles. The predicted molar refractivity (Wildman–Crippen MR) is 138 cm³/mol. The van der Waals surface area contributed by atoms with E-state index in [0.29, 0.717) is 48.2 Å². The number of hydrogen-bond donors (Lipinski definition) is 0. The van der Waals surface area contributed by atoms with E-state index in [2.05, 4.69) is 17.0 Å². The Morgan fingerprint density at radius 1 is 0.857 bits per heavy atom. The lowest BCUT2D eigenvalue weighted by atomic mass is 10.0. The second kappa shape index (κ2) is 10.1. The minimum Gasteiger partial charge on any atom is -0.308 e. The van der Waals surface area contributed by atoms with Gasteiger partial charge in [-0.15, -0.1) is 0 Å². The van der Waals surface area contributed by atoms with Gasteiger partial charge >= 0.3 is 0 Å². The maximum absolute atomic E-state index is 13.4. The molecule has 0 unspecified atom stereocenters. The van der Waals surface area contributed by atoms with Crippen molar-refractivity contribution in [1.82, 2.24) is 9.21 Å². The summed E-state index contributed by atoms with van der Waals surface area (Å²) in [5.74, 6) is -0.104. The molecule has 35 heavy (non-hydrogen) atoms. The highest BCUT2D eigenvalue weighted by Crippen LogP contribution is 2.32. The Morgan fingerprint density at radius 3 is 2.29 bits per heavy atom. The first-order chi connectivity index (χ1) is 16.9. The number of hydrogen-bond acceptors (Lipinski definition) is 4. The molecule has 0 bridgehead atoms. The molecule has 0 saturated carbocycles. The fourth-order valence-corrected chi connectivity index (χ4v) is 6.41. The first-order valence-electron chi connectivity index (χ1n) is 11.9. The number of benzene rings is 3. The van der Waals surface area contributed by atoms with E-state index in [1.807, 2.05) is 18.2 Å². The number of rotatable bonds is 5. The van der Waals surface area contributed by atoms with Gasteiger partial charge in [-0.2, -0.15) is 4.31 Å². The van der Waals surface area contributed by atoms with Gasteiger partial charge in [-0.1, -0.05) is 41.9 Å². The van der Waals surface area contributed by atoms with Crippen molar-refractivity contribution in [1.29, 1.82) is 0 Å². The molecule has 2 aliphatic heterocycles. The van der Waals surface area contributed by atoms with E-state index in [9.17, 15) is 13.2 Å². The molecule has 1 fully saturated rings. The number of carbonyl (C=O) groups excluding carboxylic acids is 1. The Hall–Kier alpha value is -2.71. The maximum atomic E-state index is 13.4. The molecule has 1 amide bonds. The lowest BCUT2D eigenvalue weighted by Gasteiger charge is -2.34. The number of amides is 1. The number of piperazine rings is 1. The third-order valence-corrected chi connectivity index (χ3v) is 8.87. The van der Waals surface area contributed by atoms with E-state index in [-0.39, 0.29) is 5.91 Å². The number of sulfonamides is 1. The number of nitrogens with zero attached hydrogens (tertiary/aromatic N) is 3. The Labute approximate surface area is 211 Å². The predicted octanol–water partition coefficient (Wildman–Crippen LogP) is 4.44. The van der Waals surface area contributed by atoms with Crippen molar-refractivity contribution < 1.29 is 13.2 Å². The molecule has 5 rings (SSSR count). The molecule has 6 nitrogen and oxygen atoms in total. The lowest BCUT2D eigenvalue weighted by Crippen LogP contribution is -2.48. The number of carbonyl (C=O) groups is 1. The highest BCUT2D eigenvalue weighted by Gasteiger charge is 2.31. The van der Waals surface area contributed by atoms with Gasteiger partial charge in [0.15, 0.2) is 0 Å². The fraction of sp³-hybridized carbons (Fsp3) is 0.296. The van der Waals surface area contributed by atoms with Gasteiger partial charge in [-0.3, -0.25) is 9.69 Å². The normalized spacial score (nSPS) is 17.2. The molecule has 0 spiro atoms. The van der Waals surface area contributed by atoms with Crippen molar-refractivity contribution in [2.75, 3.05) is 37.6 Å². The van der Waals surface area contributed by atoms with Crippen LogP contribution in [-0.2, 0) is 23.0 Å². The van der Waals surface area contributed by atoms with Gasteiger partial charge < -0.3 is 4.90 Å². The summed E-state index contributed by atoms with van der Waals surface area (Å²) in [5, 5.41) is 0.580. The number of aryl methyl sites for hydroxylation is 1. The van der Waals surface area contributed by atoms with Gasteiger partial charge in [0.05, 0.1) is 4.90 Å². The number of fused-ring (bicyclic) bond motifs is 1. The SMILES string of the molecule is O=C(c1ccc(Cl)cc1)N1CCCc2cc(S(=O)(=O)N3CCN(Cc4ccccc4)CC3)ccc21. The molecular weight excluding hydrogens is 482 g/mol. The quantitative estimate of drug-likeness (QED) is 0.510. The van der Waals surface area contributed by atoms with Crippen molar-refractivity contribution in [2.24, 2.45) is 0 Å². The minimum absolute atomic E-state index is 0.104. The Bertz CT molecular complexity index is 1310. The second-order valence-electron chi connectivity index (χ2n) is 9.02. The summed E-state index contributed by atoms with van der Waals surface area (Å²) >= 11 is 5.96. The van der Waals surface area contributed by atoms with Crippen LogP contribution in [0.4, 0.5) is 5.69 Å². The van der Waals surface area contributed by atoms with Gasteiger partial charge in [0, 0.05) is 55.5 Å². The Morgan fingerprint density at radius 2 is 1.57 bits per heavy atom. The van der Waals surface area contributed by atoms with Crippen LogP contribution in [0, 0.1) is 0 Å². The molecule has 3 aromatic rings. The summed E-state index contributed by atoms with van der Waals surface area (Å²) in [4.78, 5) is 17.4. The smallest absolute Gasteiger partial charge is 0.258 e. The molecule has 1 saturated heterocycles. The fourth-order valence-electron chi connectivity index (χ4n) is 4.81. The molecule has 0 atom stereocenters. The highest BCUT2D eigenvalue weighted by atomic mass is 35.5. The lowest BCUT2D eigenvalue weighted by molar-refractivity contribution is 0.0985. The van der Waals surface area contributed by atoms with Crippen LogP contribution in [0.5, 0.6) is 0 Å². The summed E-state index contributed by atoms with van der Waals surface area (Å²) in [6.07, 6.45) is 1.53. The van der Waals surface area contributed by atoms with Gasteiger partial charge in [0.2, 0.25) is 10.0 Å². The zero-order valence-corrected chi connectivity index (χ0v) is 21.0. The van der Waals surface area contributed by atoms with Crippen molar-refractivity contribution in [3.8, 4) is 0 Å². The van der Waals surface area contributed by atoms with E-state index in [1.54, 1.807) is 51.7 Å². The molecular formula is C27H28ClN3O3S. The molecule has 2 heterocycles. The zero-order chi connectivity index (χ0) is 24.4. The average Bonchev–Trinajstić information content (AvgIpc) is 2.89. The largest absolute Gasteiger partial charge is 0.308 e. The van der Waals surface area contributed by atoms with Crippen LogP contribution in [0.25, 0.3) is 0 Å². The second-order valence-corrected chi connectivity index (χ2v) is 11.4. The molecule has 182 valence electrons. The van der Waals surface area contributed by atoms with E-state index in [0.717, 1.165) is 30.6 Å². The third-order valence-electron chi connectivity index (χ3n) is 6.72. The van der Waals surface area contributed by atoms with Gasteiger partial charge in [0.25, 0.3) is 5.91 Å². The first kappa shape index (κ1) is 24.0. The molecule has 0 aliphatic carbocycles. The van der Waals surface area contributed by atoms with Crippen LogP contribution in [0.3, 0.4) is 0 Å². The summed E-state index contributed by atoms with van der Waals surface area (Å²) in [6.45, 7) is 3.75. The van der Waals surface area contributed by atoms with Gasteiger partial charge in [-0.25, -0.2) is 8.42 Å². The summed E-state index contributed by atoms with van der Waals surface area (Å²) in [6, 6.07) is 22.2. The van der Waals surface area contributed by atoms with Crippen molar-refractivity contribution in [2.45, 2.75) is 24.3 Å². The average molecular weight is 510 g/mol. The van der Waals surface area contributed by atoms with Crippen LogP contribution >= 0.6 is 11.6 Å². The summed E-state index contributed by atoms with van der Waals surface area (Å²) < 4.78 is 28.4. The van der Waals surface area contributed by atoms with Crippen LogP contribution in [0.1, 0.15) is 27.9 Å². The molecule has 2 aliphatic rings. The van der Waals surface area contributed by atoms with Crippen LogP contribution < -0.4 is 4.90 Å². The maximum Gasteiger partial charge on any atom is 0.258 e. The number of halogens is 1. The first-order valence-corrected chi connectivity index (χ1v) is 13.7. The zero-order valence-electron chi connectivity index (χ0n) is 19.4. The summed E-state index contributed by atoms with van der Waals surface area (Å²) in [5.41, 5.74) is 3.47. The standard InChI is InChI=1S/C27H28ClN3O3S/c28-24-10-8-22(9-11-24)27(32)31-14-4-7-23-19-25(12-13-26(23)31)35(33,34)30-17-15-29(16-18-30)20-21-5-2-1-3-6-21/h1-3,5-6,8-13,19H,4,7,14-18,20H2. The molecule has 0 radical (unpaired) electrons. The van der Waals surface area contributed by atoms with Crippen molar-refractivity contribution in [3.05, 3.63) is 94.5 Å². The Balaban J connectivity index is 1.30. The topological polar surface area (TPSA) is 60.9 Å². The van der Waals surface area contributed by atoms with Crippen LogP contribution in [0.15, 0.2) is 77.7 Å². The van der Waals surface area contributed by atoms with Crippen molar-refractivity contribution >= 4 is 33.2 Å². The van der Waals surface area contributed by atoms with Gasteiger partial charge in [-0.05, 0) is 66.4 Å². The van der Waals surface area contributed by atoms with Crippen LogP contribution in [-0.4, -0.2) is 56.3 Å². The molecule has 0 N–H and O–H groups in total. The van der Waals surface area contributed by atoms with E-state index in [4.69, 9.17) is 11.6 Å². The molecule has 0 aromatic heterocycles. The Kier molecular flexibility index (Phi) is 6.93. The highest BCUT2D eigenvalue weighted by molar-refractivity contribution is 7.89. The monoisotopic (exact) mass is 509 g/mol. The number of anilines is 1. The molecule has 8 heteroatoms. The van der Waals surface area contributed by atoms with E-state index < -0.39 is 10.0 Å². The minimum atomic E-state index is -3.60. The van der Waals surface area contributed by atoms with E-state index in [1.165, 1.54) is 5.56 Å². The van der Waals surface area contributed by atoms with E-state index >= 15 is 0 Å². The summed E-state index contributed by atoms with van der Waals surface area (Å²) in [7, 11) is -3.60. The van der Waals surface area contributed by atoms with Crippen molar-refractivity contribution in [3.63, 3.8) is 0 Å². The van der Waals surface area contributed by atoms with Crippen LogP contribution in [0.2, 0.25) is 5.02 Å². The third kappa shape index (κ3) is 5.14.